The van der Waals surface area contributed by atoms with Crippen LogP contribution in [0.4, 0.5) is 0 Å². The molecule has 8 nitrogen and oxygen atoms in total. The summed E-state index contributed by atoms with van der Waals surface area (Å²) in [5.41, 5.74) is -1.24. The summed E-state index contributed by atoms with van der Waals surface area (Å²) in [7, 11) is 0. The Bertz CT molecular complexity index is 665. The van der Waals surface area contributed by atoms with Crippen LogP contribution in [0, 0.1) is 0 Å². The molecule has 0 saturated carbocycles. The zero-order valence-electron chi connectivity index (χ0n) is 13.3. The standard InChI is InChI=1S/C15H20N2O6/c1-15(2,3)23-13(20)7-6-12(19)22-8-4-5-10-9-11(18)17-14(21)16-10/h6-7,9H,4-5,8H2,1-3H3,(H2,16,17,18,21)/b7-6+. The first kappa shape index (κ1) is 18.4. The van der Waals surface area contributed by atoms with Crippen LogP contribution >= 0.6 is 0 Å². The van der Waals surface area contributed by atoms with Gasteiger partial charge in [0.25, 0.3) is 5.56 Å². The topological polar surface area (TPSA) is 118 Å². The number of H-pyrrole nitrogens is 2. The number of rotatable bonds is 6. The second-order valence-electron chi connectivity index (χ2n) is 5.75. The molecule has 8 heteroatoms. The molecular weight excluding hydrogens is 304 g/mol. The summed E-state index contributed by atoms with van der Waals surface area (Å²) in [4.78, 5) is 49.4. The van der Waals surface area contributed by atoms with E-state index in [-0.39, 0.29) is 6.61 Å². The number of hydrogen-bond donors (Lipinski definition) is 2. The molecule has 0 saturated heterocycles. The molecule has 0 aromatic carbocycles. The summed E-state index contributed by atoms with van der Waals surface area (Å²) in [6, 6.07) is 1.27. The Kier molecular flexibility index (Phi) is 6.49. The minimum absolute atomic E-state index is 0.0896. The van der Waals surface area contributed by atoms with Crippen molar-refractivity contribution in [1.82, 2.24) is 9.97 Å². The van der Waals surface area contributed by atoms with E-state index in [1.54, 1.807) is 20.8 Å². The van der Waals surface area contributed by atoms with Crippen LogP contribution in [0.2, 0.25) is 0 Å². The molecule has 0 atom stereocenters. The lowest BCUT2D eigenvalue weighted by Crippen LogP contribution is -2.23. The molecule has 1 heterocycles. The average molecular weight is 324 g/mol. The van der Waals surface area contributed by atoms with E-state index in [0.717, 1.165) is 12.2 Å². The zero-order chi connectivity index (χ0) is 17.5. The fraction of sp³-hybridized carbons (Fsp3) is 0.467. The lowest BCUT2D eigenvalue weighted by atomic mass is 10.2. The van der Waals surface area contributed by atoms with Crippen molar-refractivity contribution in [3.8, 4) is 0 Å². The van der Waals surface area contributed by atoms with Crippen molar-refractivity contribution in [3.63, 3.8) is 0 Å². The zero-order valence-corrected chi connectivity index (χ0v) is 13.3. The first-order chi connectivity index (χ1) is 10.7. The van der Waals surface area contributed by atoms with Crippen molar-refractivity contribution >= 4 is 11.9 Å². The van der Waals surface area contributed by atoms with Gasteiger partial charge in [-0.1, -0.05) is 0 Å². The maximum atomic E-state index is 11.4. The molecule has 126 valence electrons. The van der Waals surface area contributed by atoms with Crippen molar-refractivity contribution in [2.75, 3.05) is 6.61 Å². The molecular formula is C15H20N2O6. The lowest BCUT2D eigenvalue weighted by Gasteiger charge is -2.17. The first-order valence-corrected chi connectivity index (χ1v) is 7.06. The number of aryl methyl sites for hydroxylation is 1. The van der Waals surface area contributed by atoms with E-state index in [1.807, 2.05) is 0 Å². The largest absolute Gasteiger partial charge is 0.463 e. The van der Waals surface area contributed by atoms with Gasteiger partial charge < -0.3 is 14.5 Å². The number of carbonyl (C=O) groups excluding carboxylic acids is 2. The highest BCUT2D eigenvalue weighted by molar-refractivity contribution is 5.91. The molecule has 0 unspecified atom stereocenters. The van der Waals surface area contributed by atoms with Gasteiger partial charge >= 0.3 is 17.6 Å². The second kappa shape index (κ2) is 8.11. The molecule has 1 aromatic rings. The van der Waals surface area contributed by atoms with E-state index in [0.29, 0.717) is 18.5 Å². The van der Waals surface area contributed by atoms with E-state index in [1.165, 1.54) is 6.07 Å². The highest BCUT2D eigenvalue weighted by atomic mass is 16.6. The monoisotopic (exact) mass is 324 g/mol. The fourth-order valence-electron chi connectivity index (χ4n) is 1.61. The molecule has 0 spiro atoms. The molecule has 1 rings (SSSR count). The third-order valence-electron chi connectivity index (χ3n) is 2.41. The Balaban J connectivity index is 2.32. The molecule has 0 aliphatic carbocycles. The van der Waals surface area contributed by atoms with Gasteiger partial charge in [0, 0.05) is 23.9 Å². The molecule has 0 radical (unpaired) electrons. The Labute approximate surface area is 132 Å². The van der Waals surface area contributed by atoms with Gasteiger partial charge in [0.2, 0.25) is 0 Å². The van der Waals surface area contributed by atoms with Crippen LogP contribution in [0.25, 0.3) is 0 Å². The normalized spacial score (nSPS) is 11.4. The van der Waals surface area contributed by atoms with Crippen molar-refractivity contribution in [1.29, 1.82) is 0 Å². The molecule has 0 fully saturated rings. The Morgan fingerprint density at radius 3 is 2.39 bits per heavy atom. The number of aromatic nitrogens is 2. The third-order valence-corrected chi connectivity index (χ3v) is 2.41. The van der Waals surface area contributed by atoms with Crippen molar-refractivity contribution in [3.05, 3.63) is 44.8 Å². The predicted molar refractivity (Wildman–Crippen MR) is 81.9 cm³/mol. The van der Waals surface area contributed by atoms with Crippen molar-refractivity contribution < 1.29 is 19.1 Å². The van der Waals surface area contributed by atoms with Gasteiger partial charge in [-0.3, -0.25) is 9.78 Å². The van der Waals surface area contributed by atoms with Crippen LogP contribution in [0.1, 0.15) is 32.9 Å². The van der Waals surface area contributed by atoms with Gasteiger partial charge in [-0.2, -0.15) is 0 Å². The minimum Gasteiger partial charge on any atom is -0.463 e. The summed E-state index contributed by atoms with van der Waals surface area (Å²) in [5.74, 6) is -1.30. The fourth-order valence-corrected chi connectivity index (χ4v) is 1.61. The molecule has 0 amide bonds. The summed E-state index contributed by atoms with van der Waals surface area (Å²) in [6.45, 7) is 5.24. The SMILES string of the molecule is CC(C)(C)OC(=O)/C=C/C(=O)OCCCc1cc(=O)[nH]c(=O)[nH]1. The molecule has 1 aromatic heterocycles. The second-order valence-corrected chi connectivity index (χ2v) is 5.75. The van der Waals surface area contributed by atoms with Gasteiger partial charge in [-0.15, -0.1) is 0 Å². The molecule has 0 aliphatic heterocycles. The maximum absolute atomic E-state index is 11.4. The lowest BCUT2D eigenvalue weighted by molar-refractivity contribution is -0.149. The third kappa shape index (κ3) is 8.40. The van der Waals surface area contributed by atoms with Crippen LogP contribution in [0.15, 0.2) is 27.8 Å². The number of ether oxygens (including phenoxy) is 2. The minimum atomic E-state index is -0.671. The summed E-state index contributed by atoms with van der Waals surface area (Å²) < 4.78 is 9.89. The Morgan fingerprint density at radius 1 is 1.13 bits per heavy atom. The van der Waals surface area contributed by atoms with Crippen LogP contribution in [-0.4, -0.2) is 34.1 Å². The van der Waals surface area contributed by atoms with E-state index in [2.05, 4.69) is 9.97 Å². The van der Waals surface area contributed by atoms with Crippen LogP contribution in [-0.2, 0) is 25.5 Å². The molecule has 23 heavy (non-hydrogen) atoms. The Morgan fingerprint density at radius 2 is 1.78 bits per heavy atom. The maximum Gasteiger partial charge on any atom is 0.331 e. The average Bonchev–Trinajstić information content (AvgIpc) is 2.38. The van der Waals surface area contributed by atoms with Gasteiger partial charge in [0.05, 0.1) is 6.61 Å². The van der Waals surface area contributed by atoms with Crippen LogP contribution in [0.5, 0.6) is 0 Å². The van der Waals surface area contributed by atoms with Gasteiger partial charge in [-0.25, -0.2) is 14.4 Å². The number of aromatic amines is 2. The number of carbonyl (C=O) groups is 2. The quantitative estimate of drug-likeness (QED) is 0.445. The van der Waals surface area contributed by atoms with Crippen LogP contribution in [0.3, 0.4) is 0 Å². The van der Waals surface area contributed by atoms with E-state index >= 15 is 0 Å². The number of hydrogen-bond acceptors (Lipinski definition) is 6. The van der Waals surface area contributed by atoms with Gasteiger partial charge in [0.1, 0.15) is 5.60 Å². The summed E-state index contributed by atoms with van der Waals surface area (Å²) in [6.07, 6.45) is 2.79. The highest BCUT2D eigenvalue weighted by Gasteiger charge is 2.14. The van der Waals surface area contributed by atoms with E-state index in [9.17, 15) is 19.2 Å². The first-order valence-electron chi connectivity index (χ1n) is 7.06. The van der Waals surface area contributed by atoms with Gasteiger partial charge in [-0.05, 0) is 33.6 Å². The summed E-state index contributed by atoms with van der Waals surface area (Å²) in [5, 5.41) is 0. The van der Waals surface area contributed by atoms with Gasteiger partial charge in [0.15, 0.2) is 0 Å². The predicted octanol–water partition coefficient (Wildman–Crippen LogP) is 0.437. The Hall–Kier alpha value is -2.64. The summed E-state index contributed by atoms with van der Waals surface area (Å²) >= 11 is 0. The highest BCUT2D eigenvalue weighted by Crippen LogP contribution is 2.07. The molecule has 0 aliphatic rings. The smallest absolute Gasteiger partial charge is 0.331 e. The molecule has 2 N–H and O–H groups in total. The van der Waals surface area contributed by atoms with Crippen molar-refractivity contribution in [2.24, 2.45) is 0 Å². The van der Waals surface area contributed by atoms with E-state index < -0.39 is 28.8 Å². The van der Waals surface area contributed by atoms with Crippen molar-refractivity contribution in [2.45, 2.75) is 39.2 Å². The number of nitrogens with one attached hydrogen (secondary N) is 2. The number of esters is 2. The molecule has 0 bridgehead atoms. The van der Waals surface area contributed by atoms with Crippen LogP contribution < -0.4 is 11.2 Å². The van der Waals surface area contributed by atoms with E-state index in [4.69, 9.17) is 9.47 Å².